The first-order valence-electron chi connectivity index (χ1n) is 32.6. The van der Waals surface area contributed by atoms with E-state index in [4.69, 9.17) is 0 Å². The van der Waals surface area contributed by atoms with Crippen molar-refractivity contribution in [3.63, 3.8) is 0 Å². The highest BCUT2D eigenvalue weighted by Crippen LogP contribution is 2.19. The normalized spacial score (nSPS) is 13.3. The number of carbonyl (C=O) groups is 1. The Morgan fingerprint density at radius 1 is 0.352 bits per heavy atom. The second-order valence-corrected chi connectivity index (χ2v) is 22.7. The average Bonchev–Trinajstić information content (AvgIpc) is 3.37. The van der Waals surface area contributed by atoms with Crippen molar-refractivity contribution in [1.82, 2.24) is 5.32 Å². The second kappa shape index (κ2) is 61.4. The van der Waals surface area contributed by atoms with E-state index in [0.717, 1.165) is 32.1 Å². The molecule has 0 heterocycles. The molecule has 422 valence electrons. The van der Waals surface area contributed by atoms with Gasteiger partial charge in [0.2, 0.25) is 5.91 Å². The molecule has 1 amide bonds. The standard InChI is InChI=1S/C66H129NO4/c1-3-5-7-9-11-13-15-17-19-21-23-24-25-26-27-28-29-30-31-32-33-34-35-36-37-38-39-40-42-43-45-47-49-51-53-55-57-59-63(69)61-66(71)67-64(62-68)65(70)60-58-56-54-52-50-48-46-44-41-22-20-18-16-14-12-10-8-6-4-2/h50,52,58,60,63-65,68-70H,3-49,51,53-57,59,61-62H2,1-2H3,(H,67,71)/b52-50+,60-58+. The summed E-state index contributed by atoms with van der Waals surface area (Å²) in [5.74, 6) is -0.318. The van der Waals surface area contributed by atoms with Gasteiger partial charge >= 0.3 is 0 Å². The Balaban J connectivity index is 3.46. The van der Waals surface area contributed by atoms with Crippen LogP contribution in [0.1, 0.15) is 367 Å². The van der Waals surface area contributed by atoms with Crippen LogP contribution in [0, 0.1) is 0 Å². The summed E-state index contributed by atoms with van der Waals surface area (Å²) < 4.78 is 0. The Hall–Kier alpha value is -1.17. The number of unbranched alkanes of at least 4 members (excludes halogenated alkanes) is 50. The number of aliphatic hydroxyl groups excluding tert-OH is 3. The van der Waals surface area contributed by atoms with Crippen molar-refractivity contribution < 1.29 is 20.1 Å². The smallest absolute Gasteiger partial charge is 0.222 e. The molecule has 5 heteroatoms. The molecule has 0 aliphatic heterocycles. The van der Waals surface area contributed by atoms with E-state index in [9.17, 15) is 20.1 Å². The monoisotopic (exact) mass is 1000 g/mol. The van der Waals surface area contributed by atoms with Crippen molar-refractivity contribution in [1.29, 1.82) is 0 Å². The van der Waals surface area contributed by atoms with Crippen LogP contribution < -0.4 is 5.32 Å². The number of allylic oxidation sites excluding steroid dienone is 3. The molecule has 3 atom stereocenters. The summed E-state index contributed by atoms with van der Waals surface area (Å²) in [7, 11) is 0. The van der Waals surface area contributed by atoms with Crippen molar-refractivity contribution >= 4 is 5.91 Å². The lowest BCUT2D eigenvalue weighted by molar-refractivity contribution is -0.124. The van der Waals surface area contributed by atoms with Gasteiger partial charge in [-0.1, -0.05) is 353 Å². The van der Waals surface area contributed by atoms with E-state index in [1.807, 2.05) is 6.08 Å². The molecule has 0 fully saturated rings. The van der Waals surface area contributed by atoms with Gasteiger partial charge in [0.15, 0.2) is 0 Å². The molecule has 0 radical (unpaired) electrons. The highest BCUT2D eigenvalue weighted by molar-refractivity contribution is 5.76. The summed E-state index contributed by atoms with van der Waals surface area (Å²) in [6.45, 7) is 4.25. The third kappa shape index (κ3) is 58.0. The largest absolute Gasteiger partial charge is 0.394 e. The maximum absolute atomic E-state index is 12.5. The topological polar surface area (TPSA) is 89.8 Å². The van der Waals surface area contributed by atoms with E-state index in [1.54, 1.807) is 6.08 Å². The van der Waals surface area contributed by atoms with Gasteiger partial charge in [0.1, 0.15) is 0 Å². The first kappa shape index (κ1) is 69.8. The van der Waals surface area contributed by atoms with Gasteiger partial charge in [-0.3, -0.25) is 4.79 Å². The van der Waals surface area contributed by atoms with E-state index in [-0.39, 0.29) is 18.9 Å². The molecule has 0 bridgehead atoms. The van der Waals surface area contributed by atoms with Crippen molar-refractivity contribution in [3.8, 4) is 0 Å². The van der Waals surface area contributed by atoms with Crippen LogP contribution in [-0.4, -0.2) is 46.1 Å². The van der Waals surface area contributed by atoms with Gasteiger partial charge in [0, 0.05) is 0 Å². The first-order chi connectivity index (χ1) is 35.0. The molecule has 0 aromatic carbocycles. The summed E-state index contributed by atoms with van der Waals surface area (Å²) in [5.41, 5.74) is 0. The minimum atomic E-state index is -0.950. The first-order valence-corrected chi connectivity index (χ1v) is 32.6. The number of amides is 1. The quantitative estimate of drug-likeness (QED) is 0.0361. The maximum atomic E-state index is 12.5. The Morgan fingerprint density at radius 2 is 0.606 bits per heavy atom. The lowest BCUT2D eigenvalue weighted by atomic mass is 10.0. The second-order valence-electron chi connectivity index (χ2n) is 22.7. The number of hydrogen-bond acceptors (Lipinski definition) is 4. The summed E-state index contributed by atoms with van der Waals surface area (Å²) in [6, 6.07) is -0.760. The van der Waals surface area contributed by atoms with E-state index in [2.05, 4.69) is 31.3 Å². The highest BCUT2D eigenvalue weighted by Gasteiger charge is 2.20. The molecule has 0 aliphatic carbocycles. The van der Waals surface area contributed by atoms with Gasteiger partial charge in [-0.25, -0.2) is 0 Å². The Labute approximate surface area is 445 Å². The molecule has 0 aromatic rings. The lowest BCUT2D eigenvalue weighted by Gasteiger charge is -2.21. The van der Waals surface area contributed by atoms with Gasteiger partial charge < -0.3 is 20.6 Å². The lowest BCUT2D eigenvalue weighted by Crippen LogP contribution is -2.45. The van der Waals surface area contributed by atoms with Crippen LogP contribution in [0.2, 0.25) is 0 Å². The molecule has 0 spiro atoms. The van der Waals surface area contributed by atoms with Gasteiger partial charge in [-0.05, 0) is 32.1 Å². The molecule has 0 aliphatic rings. The maximum Gasteiger partial charge on any atom is 0.222 e. The minimum Gasteiger partial charge on any atom is -0.394 e. The summed E-state index contributed by atoms with van der Waals surface area (Å²) in [6.07, 6.45) is 80.0. The Bertz CT molecular complexity index is 1060. The van der Waals surface area contributed by atoms with E-state index in [0.29, 0.717) is 6.42 Å². The van der Waals surface area contributed by atoms with E-state index in [1.165, 1.54) is 308 Å². The fourth-order valence-corrected chi connectivity index (χ4v) is 10.5. The zero-order valence-electron chi connectivity index (χ0n) is 48.4. The van der Waals surface area contributed by atoms with Gasteiger partial charge in [-0.15, -0.1) is 0 Å². The van der Waals surface area contributed by atoms with Crippen LogP contribution in [0.4, 0.5) is 0 Å². The highest BCUT2D eigenvalue weighted by atomic mass is 16.3. The SMILES string of the molecule is CCCCCCCCCCCCCCC/C=C/CC/C=C/C(O)C(CO)NC(=O)CC(O)CCCCCCCCCCCCCCCCCCCCCCCCCCCCCCCCCCCCCCC. The van der Waals surface area contributed by atoms with Crippen LogP contribution >= 0.6 is 0 Å². The molecule has 0 aromatic heterocycles. The Kier molecular flexibility index (Phi) is 60.4. The fraction of sp³-hybridized carbons (Fsp3) is 0.924. The molecular formula is C66H129NO4. The van der Waals surface area contributed by atoms with Gasteiger partial charge in [0.25, 0.3) is 0 Å². The molecule has 3 unspecified atom stereocenters. The Morgan fingerprint density at radius 3 is 0.901 bits per heavy atom. The van der Waals surface area contributed by atoms with Crippen molar-refractivity contribution in [2.45, 2.75) is 385 Å². The predicted molar refractivity (Wildman–Crippen MR) is 315 cm³/mol. The molecule has 5 nitrogen and oxygen atoms in total. The van der Waals surface area contributed by atoms with Gasteiger partial charge in [0.05, 0.1) is 31.3 Å². The number of aliphatic hydroxyl groups is 3. The summed E-state index contributed by atoms with van der Waals surface area (Å²) in [4.78, 5) is 12.5. The van der Waals surface area contributed by atoms with Crippen LogP contribution in [-0.2, 0) is 4.79 Å². The molecule has 0 rings (SSSR count). The number of carbonyl (C=O) groups excluding carboxylic acids is 1. The molecular weight excluding hydrogens is 871 g/mol. The number of rotatable bonds is 61. The van der Waals surface area contributed by atoms with Crippen LogP contribution in [0.25, 0.3) is 0 Å². The number of nitrogens with one attached hydrogen (secondary N) is 1. The minimum absolute atomic E-state index is 0.0106. The zero-order chi connectivity index (χ0) is 51.4. The third-order valence-electron chi connectivity index (χ3n) is 15.5. The van der Waals surface area contributed by atoms with Gasteiger partial charge in [-0.2, -0.15) is 0 Å². The van der Waals surface area contributed by atoms with Crippen molar-refractivity contribution in [2.75, 3.05) is 6.61 Å². The average molecular weight is 1000 g/mol. The fourth-order valence-electron chi connectivity index (χ4n) is 10.5. The van der Waals surface area contributed by atoms with Crippen LogP contribution in [0.15, 0.2) is 24.3 Å². The summed E-state index contributed by atoms with van der Waals surface area (Å²) >= 11 is 0. The summed E-state index contributed by atoms with van der Waals surface area (Å²) in [5, 5.41) is 33.5. The van der Waals surface area contributed by atoms with Crippen molar-refractivity contribution in [2.24, 2.45) is 0 Å². The van der Waals surface area contributed by atoms with Crippen LogP contribution in [0.3, 0.4) is 0 Å². The van der Waals surface area contributed by atoms with Crippen molar-refractivity contribution in [3.05, 3.63) is 24.3 Å². The van der Waals surface area contributed by atoms with E-state index >= 15 is 0 Å². The molecule has 0 saturated heterocycles. The molecule has 4 N–H and O–H groups in total. The number of hydrogen-bond donors (Lipinski definition) is 4. The van der Waals surface area contributed by atoms with Crippen LogP contribution in [0.5, 0.6) is 0 Å². The predicted octanol–water partition coefficient (Wildman–Crippen LogP) is 20.8. The third-order valence-corrected chi connectivity index (χ3v) is 15.5. The molecule has 71 heavy (non-hydrogen) atoms. The van der Waals surface area contributed by atoms with E-state index < -0.39 is 18.2 Å². The zero-order valence-corrected chi connectivity index (χ0v) is 48.4. The molecule has 0 saturated carbocycles.